The zero-order valence-electron chi connectivity index (χ0n) is 13.5. The number of halogens is 2. The normalized spacial score (nSPS) is 12.9. The number of nitrogens with zero attached hydrogens (tertiary/aromatic N) is 4. The van der Waals surface area contributed by atoms with Gasteiger partial charge in [0, 0.05) is 42.4 Å². The standard InChI is InChI=1S/C18H17ClN4.ClH/c1-22(2)14-5-6-15-16(10-14)20-11-21-18(15)23-8-7-12-3-4-13(19)9-17(12)23;/h3-6,9-11H,7-8H2,1-2H3;1H. The Morgan fingerprint density at radius 3 is 2.71 bits per heavy atom. The molecule has 0 spiro atoms. The Morgan fingerprint density at radius 2 is 1.92 bits per heavy atom. The van der Waals surface area contributed by atoms with Crippen LogP contribution in [0.2, 0.25) is 5.02 Å². The Morgan fingerprint density at radius 1 is 1.08 bits per heavy atom. The minimum atomic E-state index is 0. The third kappa shape index (κ3) is 2.76. The van der Waals surface area contributed by atoms with Crippen molar-refractivity contribution < 1.29 is 0 Å². The number of hydrogen-bond acceptors (Lipinski definition) is 4. The van der Waals surface area contributed by atoms with E-state index in [1.54, 1.807) is 6.33 Å². The van der Waals surface area contributed by atoms with Gasteiger partial charge in [-0.25, -0.2) is 9.97 Å². The maximum absolute atomic E-state index is 6.19. The van der Waals surface area contributed by atoms with E-state index in [0.717, 1.165) is 46.1 Å². The van der Waals surface area contributed by atoms with Crippen molar-refractivity contribution in [3.05, 3.63) is 53.3 Å². The van der Waals surface area contributed by atoms with E-state index in [-0.39, 0.29) is 12.4 Å². The zero-order chi connectivity index (χ0) is 16.0. The van der Waals surface area contributed by atoms with E-state index in [9.17, 15) is 0 Å². The Labute approximate surface area is 152 Å². The number of hydrogen-bond donors (Lipinski definition) is 0. The molecule has 1 aromatic heterocycles. The molecular formula is C18H18Cl2N4. The fraction of sp³-hybridized carbons (Fsp3) is 0.222. The predicted molar refractivity (Wildman–Crippen MR) is 103 cm³/mol. The van der Waals surface area contributed by atoms with Gasteiger partial charge in [-0.2, -0.15) is 0 Å². The van der Waals surface area contributed by atoms with Crippen molar-refractivity contribution in [3.8, 4) is 0 Å². The Balaban J connectivity index is 0.00000169. The molecule has 6 heteroatoms. The summed E-state index contributed by atoms with van der Waals surface area (Å²) in [5.41, 5.74) is 4.55. The molecule has 4 rings (SSSR count). The first kappa shape index (κ1) is 16.8. The molecule has 0 bridgehead atoms. The lowest BCUT2D eigenvalue weighted by Crippen LogP contribution is -2.15. The highest BCUT2D eigenvalue weighted by Crippen LogP contribution is 2.38. The minimum absolute atomic E-state index is 0. The molecule has 0 radical (unpaired) electrons. The van der Waals surface area contributed by atoms with Crippen molar-refractivity contribution in [1.29, 1.82) is 0 Å². The SMILES string of the molecule is CN(C)c1ccc2c(N3CCc4ccc(Cl)cc43)ncnc2c1.Cl. The first-order valence-electron chi connectivity index (χ1n) is 7.61. The first-order chi connectivity index (χ1) is 11.1. The van der Waals surface area contributed by atoms with Gasteiger partial charge in [0.2, 0.25) is 0 Å². The van der Waals surface area contributed by atoms with E-state index in [1.165, 1.54) is 5.56 Å². The van der Waals surface area contributed by atoms with Gasteiger partial charge in [0.05, 0.1) is 5.52 Å². The quantitative estimate of drug-likeness (QED) is 0.674. The Kier molecular flexibility index (Phi) is 4.52. The average molecular weight is 361 g/mol. The van der Waals surface area contributed by atoms with Crippen molar-refractivity contribution in [1.82, 2.24) is 9.97 Å². The Bertz CT molecular complexity index is 895. The van der Waals surface area contributed by atoms with Crippen LogP contribution < -0.4 is 9.80 Å². The summed E-state index contributed by atoms with van der Waals surface area (Å²) in [5.74, 6) is 0.946. The van der Waals surface area contributed by atoms with Crippen molar-refractivity contribution in [2.75, 3.05) is 30.4 Å². The van der Waals surface area contributed by atoms with Gasteiger partial charge in [-0.3, -0.25) is 0 Å². The highest BCUT2D eigenvalue weighted by Gasteiger charge is 2.23. The van der Waals surface area contributed by atoms with E-state index >= 15 is 0 Å². The number of rotatable bonds is 2. The van der Waals surface area contributed by atoms with Crippen LogP contribution in [-0.2, 0) is 6.42 Å². The summed E-state index contributed by atoms with van der Waals surface area (Å²) in [4.78, 5) is 13.3. The summed E-state index contributed by atoms with van der Waals surface area (Å²) in [5, 5.41) is 1.81. The molecule has 0 N–H and O–H groups in total. The summed E-state index contributed by atoms with van der Waals surface area (Å²) in [6.07, 6.45) is 2.65. The maximum Gasteiger partial charge on any atom is 0.144 e. The van der Waals surface area contributed by atoms with Crippen LogP contribution in [0.3, 0.4) is 0 Å². The first-order valence-corrected chi connectivity index (χ1v) is 7.99. The number of benzene rings is 2. The van der Waals surface area contributed by atoms with Crippen LogP contribution in [0.25, 0.3) is 10.9 Å². The van der Waals surface area contributed by atoms with Gasteiger partial charge in [0.15, 0.2) is 0 Å². The number of aromatic nitrogens is 2. The fourth-order valence-corrected chi connectivity index (χ4v) is 3.26. The molecule has 0 atom stereocenters. The van der Waals surface area contributed by atoms with E-state index in [0.29, 0.717) is 0 Å². The zero-order valence-corrected chi connectivity index (χ0v) is 15.1. The molecule has 124 valence electrons. The highest BCUT2D eigenvalue weighted by atomic mass is 35.5. The van der Waals surface area contributed by atoms with Gasteiger partial charge in [0.25, 0.3) is 0 Å². The van der Waals surface area contributed by atoms with E-state index in [1.807, 2.05) is 26.2 Å². The Hall–Kier alpha value is -2.04. The summed E-state index contributed by atoms with van der Waals surface area (Å²) in [7, 11) is 4.06. The van der Waals surface area contributed by atoms with Gasteiger partial charge in [-0.1, -0.05) is 17.7 Å². The molecule has 4 nitrogen and oxygen atoms in total. The molecule has 0 amide bonds. The van der Waals surface area contributed by atoms with Crippen LogP contribution >= 0.6 is 24.0 Å². The second kappa shape index (κ2) is 6.46. The predicted octanol–water partition coefficient (Wildman–Crippen LogP) is 4.47. The minimum Gasteiger partial charge on any atom is -0.378 e. The van der Waals surface area contributed by atoms with Crippen molar-refractivity contribution >= 4 is 52.1 Å². The molecule has 1 aliphatic rings. The van der Waals surface area contributed by atoms with Crippen LogP contribution in [-0.4, -0.2) is 30.6 Å². The number of fused-ring (bicyclic) bond motifs is 2. The monoisotopic (exact) mass is 360 g/mol. The van der Waals surface area contributed by atoms with Gasteiger partial charge in [0.1, 0.15) is 12.1 Å². The van der Waals surface area contributed by atoms with Gasteiger partial charge in [-0.05, 0) is 42.3 Å². The molecule has 2 heterocycles. The van der Waals surface area contributed by atoms with Crippen LogP contribution in [0.15, 0.2) is 42.7 Å². The topological polar surface area (TPSA) is 32.3 Å². The smallest absolute Gasteiger partial charge is 0.144 e. The van der Waals surface area contributed by atoms with Gasteiger partial charge in [-0.15, -0.1) is 12.4 Å². The van der Waals surface area contributed by atoms with Crippen LogP contribution in [0.1, 0.15) is 5.56 Å². The molecular weight excluding hydrogens is 343 g/mol. The second-order valence-electron chi connectivity index (χ2n) is 5.97. The maximum atomic E-state index is 6.19. The lowest BCUT2D eigenvalue weighted by atomic mass is 10.1. The van der Waals surface area contributed by atoms with E-state index < -0.39 is 0 Å². The fourth-order valence-electron chi connectivity index (χ4n) is 3.10. The molecule has 1 aliphatic heterocycles. The van der Waals surface area contributed by atoms with Crippen LogP contribution in [0.5, 0.6) is 0 Å². The molecule has 0 saturated heterocycles. The highest BCUT2D eigenvalue weighted by molar-refractivity contribution is 6.31. The third-order valence-electron chi connectivity index (χ3n) is 4.31. The average Bonchev–Trinajstić information content (AvgIpc) is 2.96. The second-order valence-corrected chi connectivity index (χ2v) is 6.40. The van der Waals surface area contributed by atoms with Crippen molar-refractivity contribution in [2.45, 2.75) is 6.42 Å². The molecule has 2 aromatic carbocycles. The van der Waals surface area contributed by atoms with Crippen LogP contribution in [0, 0.1) is 0 Å². The van der Waals surface area contributed by atoms with Crippen molar-refractivity contribution in [3.63, 3.8) is 0 Å². The summed E-state index contributed by atoms with van der Waals surface area (Å²) in [6, 6.07) is 12.4. The van der Waals surface area contributed by atoms with E-state index in [2.05, 4.69) is 44.0 Å². The van der Waals surface area contributed by atoms with E-state index in [4.69, 9.17) is 11.6 Å². The molecule has 3 aromatic rings. The molecule has 0 aliphatic carbocycles. The summed E-state index contributed by atoms with van der Waals surface area (Å²) in [6.45, 7) is 0.914. The number of anilines is 3. The van der Waals surface area contributed by atoms with Crippen LogP contribution in [0.4, 0.5) is 17.2 Å². The lowest BCUT2D eigenvalue weighted by Gasteiger charge is -2.21. The molecule has 0 fully saturated rings. The van der Waals surface area contributed by atoms with Gasteiger partial charge < -0.3 is 9.80 Å². The molecule has 0 saturated carbocycles. The lowest BCUT2D eigenvalue weighted by molar-refractivity contribution is 0.974. The van der Waals surface area contributed by atoms with Crippen molar-refractivity contribution in [2.24, 2.45) is 0 Å². The molecule has 0 unspecified atom stereocenters. The van der Waals surface area contributed by atoms with Gasteiger partial charge >= 0.3 is 0 Å². The molecule has 24 heavy (non-hydrogen) atoms. The largest absolute Gasteiger partial charge is 0.378 e. The summed E-state index contributed by atoms with van der Waals surface area (Å²) >= 11 is 6.19. The third-order valence-corrected chi connectivity index (χ3v) is 4.55. The summed E-state index contributed by atoms with van der Waals surface area (Å²) < 4.78 is 0.